The Labute approximate surface area is 144 Å². The van der Waals surface area contributed by atoms with Crippen LogP contribution in [0.5, 0.6) is 5.75 Å². The molecule has 1 aromatic heterocycles. The Bertz CT molecular complexity index is 872. The third kappa shape index (κ3) is 3.26. The first-order valence-electron chi connectivity index (χ1n) is 7.34. The van der Waals surface area contributed by atoms with Crippen LogP contribution in [0.15, 0.2) is 54.7 Å². The molecule has 0 fully saturated rings. The molecule has 0 aliphatic heterocycles. The fourth-order valence-corrected chi connectivity index (χ4v) is 2.56. The zero-order valence-corrected chi connectivity index (χ0v) is 14.0. The molecule has 0 saturated carbocycles. The van der Waals surface area contributed by atoms with Gasteiger partial charge < -0.3 is 10.1 Å². The minimum atomic E-state index is -0.217. The number of ether oxygens (including phenoxy) is 1. The Kier molecular flexibility index (Phi) is 4.53. The van der Waals surface area contributed by atoms with Gasteiger partial charge in [-0.15, -0.1) is 0 Å². The van der Waals surface area contributed by atoms with E-state index in [2.05, 4.69) is 10.4 Å². The summed E-state index contributed by atoms with van der Waals surface area (Å²) in [5, 5.41) is 7.76. The molecule has 3 aromatic rings. The number of rotatable bonds is 4. The van der Waals surface area contributed by atoms with Crippen molar-refractivity contribution >= 4 is 23.2 Å². The van der Waals surface area contributed by atoms with Crippen molar-refractivity contribution in [3.05, 3.63) is 71.0 Å². The highest BCUT2D eigenvalue weighted by Gasteiger charge is 2.15. The van der Waals surface area contributed by atoms with E-state index in [4.69, 9.17) is 16.3 Å². The molecule has 0 aliphatic rings. The number of carbonyl (C=O) groups is 1. The van der Waals surface area contributed by atoms with Gasteiger partial charge in [0.15, 0.2) is 0 Å². The molecule has 0 radical (unpaired) electrons. The summed E-state index contributed by atoms with van der Waals surface area (Å²) < 4.78 is 6.79. The molecule has 122 valence electrons. The van der Waals surface area contributed by atoms with Crippen molar-refractivity contribution in [1.29, 1.82) is 0 Å². The van der Waals surface area contributed by atoms with E-state index in [-0.39, 0.29) is 5.91 Å². The van der Waals surface area contributed by atoms with Gasteiger partial charge in [0, 0.05) is 10.7 Å². The van der Waals surface area contributed by atoms with Crippen molar-refractivity contribution in [2.75, 3.05) is 12.4 Å². The summed E-state index contributed by atoms with van der Waals surface area (Å²) >= 11 is 6.02. The Morgan fingerprint density at radius 2 is 1.96 bits per heavy atom. The number of anilines is 1. The summed E-state index contributed by atoms with van der Waals surface area (Å²) in [6.45, 7) is 1.84. The van der Waals surface area contributed by atoms with Crippen LogP contribution in [0.4, 0.5) is 5.69 Å². The van der Waals surface area contributed by atoms with Crippen molar-refractivity contribution in [2.24, 2.45) is 0 Å². The lowest BCUT2D eigenvalue weighted by Crippen LogP contribution is -2.13. The van der Waals surface area contributed by atoms with E-state index >= 15 is 0 Å². The molecule has 6 heteroatoms. The molecule has 2 aromatic carbocycles. The summed E-state index contributed by atoms with van der Waals surface area (Å²) in [7, 11) is 1.60. The zero-order chi connectivity index (χ0) is 17.1. The van der Waals surface area contributed by atoms with Gasteiger partial charge in [0.25, 0.3) is 5.91 Å². The topological polar surface area (TPSA) is 56.1 Å². The monoisotopic (exact) mass is 341 g/mol. The molecular formula is C18H16ClN3O2. The molecule has 24 heavy (non-hydrogen) atoms. The van der Waals surface area contributed by atoms with Gasteiger partial charge in [-0.1, -0.05) is 17.7 Å². The van der Waals surface area contributed by atoms with E-state index < -0.39 is 0 Å². The predicted molar refractivity (Wildman–Crippen MR) is 94.3 cm³/mol. The highest BCUT2D eigenvalue weighted by molar-refractivity contribution is 6.30. The lowest BCUT2D eigenvalue weighted by atomic mass is 10.2. The van der Waals surface area contributed by atoms with Crippen molar-refractivity contribution in [3.63, 3.8) is 0 Å². The molecule has 3 rings (SSSR count). The van der Waals surface area contributed by atoms with Gasteiger partial charge in [-0.05, 0) is 49.4 Å². The SMILES string of the molecule is COc1ccc(NC(=O)c2cnn(-c3cccc(Cl)c3)c2C)cc1. The number of halogens is 1. The van der Waals surface area contributed by atoms with Gasteiger partial charge in [-0.3, -0.25) is 4.79 Å². The second-order valence-corrected chi connectivity index (χ2v) is 5.65. The van der Waals surface area contributed by atoms with Crippen molar-refractivity contribution in [2.45, 2.75) is 6.92 Å². The third-order valence-electron chi connectivity index (χ3n) is 3.66. The number of hydrogen-bond acceptors (Lipinski definition) is 3. The molecule has 1 N–H and O–H groups in total. The number of amides is 1. The summed E-state index contributed by atoms with van der Waals surface area (Å²) in [5.74, 6) is 0.518. The van der Waals surface area contributed by atoms with Crippen LogP contribution in [0, 0.1) is 6.92 Å². The number of carbonyl (C=O) groups excluding carboxylic acids is 1. The minimum Gasteiger partial charge on any atom is -0.497 e. The fraction of sp³-hybridized carbons (Fsp3) is 0.111. The summed E-state index contributed by atoms with van der Waals surface area (Å²) in [6, 6.07) is 14.5. The second-order valence-electron chi connectivity index (χ2n) is 5.22. The van der Waals surface area contributed by atoms with Gasteiger partial charge >= 0.3 is 0 Å². The number of methoxy groups -OCH3 is 1. The van der Waals surface area contributed by atoms with Crippen LogP contribution < -0.4 is 10.1 Å². The van der Waals surface area contributed by atoms with Crippen molar-refractivity contribution < 1.29 is 9.53 Å². The summed E-state index contributed by atoms with van der Waals surface area (Å²) in [4.78, 5) is 12.5. The second kappa shape index (κ2) is 6.76. The quantitative estimate of drug-likeness (QED) is 0.777. The van der Waals surface area contributed by atoms with Crippen LogP contribution in [-0.4, -0.2) is 22.8 Å². The maximum atomic E-state index is 12.5. The number of aromatic nitrogens is 2. The number of nitrogens with one attached hydrogen (secondary N) is 1. The maximum absolute atomic E-state index is 12.5. The molecule has 1 amide bonds. The van der Waals surface area contributed by atoms with Crippen molar-refractivity contribution in [1.82, 2.24) is 9.78 Å². The first-order valence-corrected chi connectivity index (χ1v) is 7.72. The van der Waals surface area contributed by atoms with Crippen molar-refractivity contribution in [3.8, 4) is 11.4 Å². The normalized spacial score (nSPS) is 10.5. The molecular weight excluding hydrogens is 326 g/mol. The third-order valence-corrected chi connectivity index (χ3v) is 3.89. The van der Waals surface area contributed by atoms with Gasteiger partial charge in [0.2, 0.25) is 0 Å². The Hall–Kier alpha value is -2.79. The molecule has 0 unspecified atom stereocenters. The van der Waals surface area contributed by atoms with E-state index in [0.717, 1.165) is 17.1 Å². The lowest BCUT2D eigenvalue weighted by Gasteiger charge is -2.07. The van der Waals surface area contributed by atoms with E-state index in [1.165, 1.54) is 0 Å². The minimum absolute atomic E-state index is 0.217. The van der Waals surface area contributed by atoms with Gasteiger partial charge in [-0.2, -0.15) is 5.10 Å². The van der Waals surface area contributed by atoms with Gasteiger partial charge in [-0.25, -0.2) is 4.68 Å². The van der Waals surface area contributed by atoms with Crippen LogP contribution in [0.3, 0.4) is 0 Å². The number of benzene rings is 2. The molecule has 0 spiro atoms. The molecule has 0 aliphatic carbocycles. The van der Waals surface area contributed by atoms with E-state index in [1.807, 2.05) is 19.1 Å². The first-order chi connectivity index (χ1) is 11.6. The largest absolute Gasteiger partial charge is 0.497 e. The van der Waals surface area contributed by atoms with Gasteiger partial charge in [0.1, 0.15) is 5.75 Å². The average molecular weight is 342 g/mol. The maximum Gasteiger partial charge on any atom is 0.259 e. The van der Waals surface area contributed by atoms with E-state index in [0.29, 0.717) is 16.3 Å². The summed E-state index contributed by atoms with van der Waals surface area (Å²) in [6.07, 6.45) is 1.55. The summed E-state index contributed by atoms with van der Waals surface area (Å²) in [5.41, 5.74) is 2.74. The smallest absolute Gasteiger partial charge is 0.259 e. The Balaban J connectivity index is 1.83. The number of hydrogen-bond donors (Lipinski definition) is 1. The van der Waals surface area contributed by atoms with Gasteiger partial charge in [0.05, 0.1) is 30.3 Å². The fourth-order valence-electron chi connectivity index (χ4n) is 2.37. The Morgan fingerprint density at radius 1 is 1.21 bits per heavy atom. The standard InChI is InChI=1S/C18H16ClN3O2/c1-12-17(11-20-22(12)15-5-3-4-13(19)10-15)18(23)21-14-6-8-16(24-2)9-7-14/h3-11H,1-2H3,(H,21,23). The van der Waals surface area contributed by atoms with Crippen LogP contribution in [0.25, 0.3) is 5.69 Å². The van der Waals surface area contributed by atoms with Crippen LogP contribution in [-0.2, 0) is 0 Å². The molecule has 0 bridgehead atoms. The molecule has 0 saturated heterocycles. The highest BCUT2D eigenvalue weighted by Crippen LogP contribution is 2.20. The first kappa shape index (κ1) is 16.1. The molecule has 5 nitrogen and oxygen atoms in total. The molecule has 0 atom stereocenters. The Morgan fingerprint density at radius 3 is 2.62 bits per heavy atom. The number of nitrogens with zero attached hydrogens (tertiary/aromatic N) is 2. The van der Waals surface area contributed by atoms with Crippen LogP contribution >= 0.6 is 11.6 Å². The van der Waals surface area contributed by atoms with Crippen LogP contribution in [0.1, 0.15) is 16.1 Å². The van der Waals surface area contributed by atoms with E-state index in [9.17, 15) is 4.79 Å². The zero-order valence-electron chi connectivity index (χ0n) is 13.3. The molecule has 1 heterocycles. The average Bonchev–Trinajstić information content (AvgIpc) is 2.97. The highest BCUT2D eigenvalue weighted by atomic mass is 35.5. The van der Waals surface area contributed by atoms with E-state index in [1.54, 1.807) is 54.4 Å². The van der Waals surface area contributed by atoms with Crippen LogP contribution in [0.2, 0.25) is 5.02 Å². The predicted octanol–water partition coefficient (Wildman–Crippen LogP) is 4.10. The lowest BCUT2D eigenvalue weighted by molar-refractivity contribution is 0.102.